The number of thioether (sulfide) groups is 1. The van der Waals surface area contributed by atoms with Gasteiger partial charge in [0.2, 0.25) is 11.8 Å². The summed E-state index contributed by atoms with van der Waals surface area (Å²) in [7, 11) is 0. The summed E-state index contributed by atoms with van der Waals surface area (Å²) in [4.78, 5) is 36.5. The fourth-order valence-electron chi connectivity index (χ4n) is 3.58. The fourth-order valence-corrected chi connectivity index (χ4v) is 4.42. The first-order chi connectivity index (χ1) is 14.6. The van der Waals surface area contributed by atoms with Crippen LogP contribution in [-0.2, 0) is 16.0 Å². The predicted octanol–water partition coefficient (Wildman–Crippen LogP) is 1.82. The molecule has 2 heterocycles. The second-order valence-electron chi connectivity index (χ2n) is 8.06. The molecule has 0 unspecified atom stereocenters. The lowest BCUT2D eigenvalue weighted by molar-refractivity contribution is -0.130. The minimum absolute atomic E-state index is 0.104. The number of amides is 2. The molecule has 2 N–H and O–H groups in total. The minimum Gasteiger partial charge on any atom is -0.352 e. The number of carbonyl (C=O) groups excluding carboxylic acids is 2. The van der Waals surface area contributed by atoms with Crippen LogP contribution in [0.25, 0.3) is 0 Å². The van der Waals surface area contributed by atoms with Gasteiger partial charge in [-0.15, -0.1) is 0 Å². The molecule has 1 saturated carbocycles. The third-order valence-corrected chi connectivity index (χ3v) is 6.40. The lowest BCUT2D eigenvalue weighted by Gasteiger charge is -2.34. The van der Waals surface area contributed by atoms with E-state index in [4.69, 9.17) is 0 Å². The monoisotopic (exact) mass is 427 g/mol. The molecule has 0 spiro atoms. The van der Waals surface area contributed by atoms with E-state index < -0.39 is 0 Å². The summed E-state index contributed by atoms with van der Waals surface area (Å²) in [6.07, 6.45) is 3.00. The van der Waals surface area contributed by atoms with E-state index in [1.165, 1.54) is 17.3 Å². The molecule has 160 valence electrons. The average Bonchev–Trinajstić information content (AvgIpc) is 3.49. The van der Waals surface area contributed by atoms with Crippen LogP contribution in [0.5, 0.6) is 0 Å². The highest BCUT2D eigenvalue weighted by molar-refractivity contribution is 7.99. The summed E-state index contributed by atoms with van der Waals surface area (Å²) in [6.45, 7) is 5.29. The molecule has 0 bridgehead atoms. The van der Waals surface area contributed by atoms with Crippen molar-refractivity contribution in [2.24, 2.45) is 0 Å². The van der Waals surface area contributed by atoms with Gasteiger partial charge in [-0.3, -0.25) is 14.5 Å². The number of nitrogens with one attached hydrogen (secondary N) is 2. The predicted molar refractivity (Wildman–Crippen MR) is 117 cm³/mol. The van der Waals surface area contributed by atoms with Crippen molar-refractivity contribution < 1.29 is 9.59 Å². The van der Waals surface area contributed by atoms with Gasteiger partial charge in [0.05, 0.1) is 18.0 Å². The summed E-state index contributed by atoms with van der Waals surface area (Å²) in [5.74, 6) is 0.605. The number of aromatic nitrogens is 2. The van der Waals surface area contributed by atoms with E-state index in [1.54, 1.807) is 0 Å². The number of H-pyrrole nitrogens is 1. The second kappa shape index (κ2) is 9.66. The molecule has 7 nitrogen and oxygen atoms in total. The van der Waals surface area contributed by atoms with Crippen molar-refractivity contribution in [3.8, 4) is 0 Å². The normalized spacial score (nSPS) is 17.2. The van der Waals surface area contributed by atoms with Crippen molar-refractivity contribution in [2.75, 3.05) is 38.5 Å². The van der Waals surface area contributed by atoms with Crippen LogP contribution in [0.3, 0.4) is 0 Å². The van der Waals surface area contributed by atoms with Crippen LogP contribution in [0.15, 0.2) is 35.5 Å². The van der Waals surface area contributed by atoms with Crippen LogP contribution in [0.2, 0.25) is 0 Å². The van der Waals surface area contributed by atoms with E-state index in [-0.39, 0.29) is 11.8 Å². The highest BCUT2D eigenvalue weighted by Crippen LogP contribution is 2.20. The third kappa shape index (κ3) is 5.86. The Kier molecular flexibility index (Phi) is 6.74. The standard InChI is InChI=1S/C22H29N5O2S/c1-16-19(13-17-5-3-2-4-6-17)25-22(23-16)30-15-21(29)27-11-9-26(10-12-27)14-20(28)24-18-7-8-18/h2-6,18H,7-15H2,1H3,(H,23,25)(H,24,28). The molecular formula is C22H29N5O2S. The Morgan fingerprint density at radius 1 is 1.17 bits per heavy atom. The van der Waals surface area contributed by atoms with Crippen molar-refractivity contribution in [2.45, 2.75) is 37.4 Å². The maximum Gasteiger partial charge on any atom is 0.234 e. The quantitative estimate of drug-likeness (QED) is 0.628. The molecule has 8 heteroatoms. The van der Waals surface area contributed by atoms with E-state index in [1.807, 2.05) is 30.0 Å². The Morgan fingerprint density at radius 2 is 1.90 bits per heavy atom. The maximum absolute atomic E-state index is 12.6. The number of benzene rings is 1. The van der Waals surface area contributed by atoms with Gasteiger partial charge in [0, 0.05) is 44.3 Å². The Balaban J connectivity index is 1.20. The van der Waals surface area contributed by atoms with Crippen LogP contribution in [0.4, 0.5) is 0 Å². The first kappa shape index (κ1) is 20.9. The molecule has 1 aromatic carbocycles. The Bertz CT molecular complexity index is 873. The highest BCUT2D eigenvalue weighted by Gasteiger charge is 2.26. The van der Waals surface area contributed by atoms with Crippen molar-refractivity contribution >= 4 is 23.6 Å². The molecule has 2 aromatic rings. The first-order valence-electron chi connectivity index (χ1n) is 10.6. The molecule has 30 heavy (non-hydrogen) atoms. The molecule has 4 rings (SSSR count). The number of aryl methyl sites for hydroxylation is 1. The number of rotatable bonds is 8. The molecule has 1 aromatic heterocycles. The fraction of sp³-hybridized carbons (Fsp3) is 0.500. The van der Waals surface area contributed by atoms with Crippen LogP contribution < -0.4 is 5.32 Å². The highest BCUT2D eigenvalue weighted by atomic mass is 32.2. The topological polar surface area (TPSA) is 81.3 Å². The van der Waals surface area contributed by atoms with Gasteiger partial charge in [0.1, 0.15) is 0 Å². The van der Waals surface area contributed by atoms with Gasteiger partial charge in [-0.2, -0.15) is 0 Å². The largest absolute Gasteiger partial charge is 0.352 e. The number of imidazole rings is 1. The van der Waals surface area contributed by atoms with E-state index in [0.717, 1.165) is 48.9 Å². The SMILES string of the molecule is Cc1[nH]c(SCC(=O)N2CCN(CC(=O)NC3CC3)CC2)nc1Cc1ccccc1. The maximum atomic E-state index is 12.6. The lowest BCUT2D eigenvalue weighted by atomic mass is 10.1. The number of hydrogen-bond acceptors (Lipinski definition) is 5. The van der Waals surface area contributed by atoms with Crippen molar-refractivity contribution in [1.82, 2.24) is 25.1 Å². The molecule has 2 amide bonds. The molecule has 2 fully saturated rings. The van der Waals surface area contributed by atoms with E-state index >= 15 is 0 Å². The Morgan fingerprint density at radius 3 is 2.60 bits per heavy atom. The summed E-state index contributed by atoms with van der Waals surface area (Å²) in [5.41, 5.74) is 3.30. The first-order valence-corrected chi connectivity index (χ1v) is 11.6. The molecule has 0 atom stereocenters. The van der Waals surface area contributed by atoms with Crippen LogP contribution in [0, 0.1) is 6.92 Å². The number of aromatic amines is 1. The lowest BCUT2D eigenvalue weighted by Crippen LogP contribution is -2.51. The number of carbonyl (C=O) groups is 2. The molecular weight excluding hydrogens is 398 g/mol. The van der Waals surface area contributed by atoms with Crippen LogP contribution >= 0.6 is 11.8 Å². The summed E-state index contributed by atoms with van der Waals surface area (Å²) in [5, 5.41) is 3.81. The van der Waals surface area contributed by atoms with Gasteiger partial charge in [-0.05, 0) is 25.3 Å². The van der Waals surface area contributed by atoms with Gasteiger partial charge in [-0.25, -0.2) is 4.98 Å². The van der Waals surface area contributed by atoms with Gasteiger partial charge in [-0.1, -0.05) is 42.1 Å². The van der Waals surface area contributed by atoms with Gasteiger partial charge >= 0.3 is 0 Å². The van der Waals surface area contributed by atoms with Gasteiger partial charge < -0.3 is 15.2 Å². The van der Waals surface area contributed by atoms with E-state index in [2.05, 4.69) is 32.3 Å². The molecule has 1 aliphatic heterocycles. The van der Waals surface area contributed by atoms with Crippen LogP contribution in [0.1, 0.15) is 29.8 Å². The Hall–Kier alpha value is -2.32. The van der Waals surface area contributed by atoms with Crippen molar-refractivity contribution in [1.29, 1.82) is 0 Å². The molecule has 1 aliphatic carbocycles. The van der Waals surface area contributed by atoms with Crippen molar-refractivity contribution in [3.63, 3.8) is 0 Å². The number of hydrogen-bond donors (Lipinski definition) is 2. The molecule has 1 saturated heterocycles. The van der Waals surface area contributed by atoms with Crippen molar-refractivity contribution in [3.05, 3.63) is 47.3 Å². The Labute approximate surface area is 181 Å². The molecule has 2 aliphatic rings. The third-order valence-electron chi connectivity index (χ3n) is 5.55. The van der Waals surface area contributed by atoms with E-state index in [0.29, 0.717) is 31.4 Å². The molecule has 0 radical (unpaired) electrons. The number of piperazine rings is 1. The number of nitrogens with zero attached hydrogens (tertiary/aromatic N) is 3. The smallest absolute Gasteiger partial charge is 0.234 e. The zero-order chi connectivity index (χ0) is 20.9. The van der Waals surface area contributed by atoms with E-state index in [9.17, 15) is 9.59 Å². The van der Waals surface area contributed by atoms with Gasteiger partial charge in [0.25, 0.3) is 0 Å². The second-order valence-corrected chi connectivity index (χ2v) is 9.03. The summed E-state index contributed by atoms with van der Waals surface area (Å²) < 4.78 is 0. The zero-order valence-electron chi connectivity index (χ0n) is 17.4. The minimum atomic E-state index is 0.104. The average molecular weight is 428 g/mol. The van der Waals surface area contributed by atoms with Crippen LogP contribution in [-0.4, -0.2) is 76.1 Å². The summed E-state index contributed by atoms with van der Waals surface area (Å²) in [6, 6.07) is 10.7. The zero-order valence-corrected chi connectivity index (χ0v) is 18.2. The van der Waals surface area contributed by atoms with Gasteiger partial charge in [0.15, 0.2) is 5.16 Å². The summed E-state index contributed by atoms with van der Waals surface area (Å²) >= 11 is 1.46.